The van der Waals surface area contributed by atoms with E-state index in [1.54, 1.807) is 30.3 Å². The van der Waals surface area contributed by atoms with Gasteiger partial charge in [-0.05, 0) is 30.1 Å². The van der Waals surface area contributed by atoms with E-state index in [1.807, 2.05) is 6.26 Å². The molecule has 1 aliphatic rings. The van der Waals surface area contributed by atoms with Crippen molar-refractivity contribution in [3.63, 3.8) is 0 Å². The topological polar surface area (TPSA) is 74.7 Å². The number of nitrogens with zero attached hydrogens (tertiary/aromatic N) is 1. The van der Waals surface area contributed by atoms with Crippen molar-refractivity contribution >= 4 is 64.3 Å². The molecule has 0 aliphatic carbocycles. The molecule has 1 aromatic carbocycles. The van der Waals surface area contributed by atoms with Crippen LogP contribution >= 0.6 is 35.7 Å². The number of thioether (sulfide) groups is 2. The van der Waals surface area contributed by atoms with Crippen molar-refractivity contribution < 1.29 is 19.5 Å². The van der Waals surface area contributed by atoms with Gasteiger partial charge in [0.05, 0.1) is 4.91 Å². The third-order valence-electron chi connectivity index (χ3n) is 3.39. The fourth-order valence-electron chi connectivity index (χ4n) is 2.16. The van der Waals surface area contributed by atoms with Gasteiger partial charge in [0.15, 0.2) is 0 Å². The zero-order valence-electron chi connectivity index (χ0n) is 12.8. The van der Waals surface area contributed by atoms with Crippen LogP contribution in [0.3, 0.4) is 0 Å². The molecule has 2 rings (SSSR count). The maximum absolute atomic E-state index is 12.6. The highest BCUT2D eigenvalue weighted by Crippen LogP contribution is 2.34. The standard InChI is InChI=1S/C16H15NO4S3/c1-23-7-6-12(15(20)21)17-14(19)13(24-16(17)22)8-10-2-4-11(9-18)5-3-10/h2-5,8-9,12H,6-7H2,1H3,(H,20,21)/b13-8-/t12-/m1/s1. The summed E-state index contributed by atoms with van der Waals surface area (Å²) in [5, 5.41) is 9.40. The minimum atomic E-state index is -1.06. The summed E-state index contributed by atoms with van der Waals surface area (Å²) in [6.45, 7) is 0. The van der Waals surface area contributed by atoms with Crippen LogP contribution < -0.4 is 0 Å². The summed E-state index contributed by atoms with van der Waals surface area (Å²) in [6, 6.07) is 5.79. The van der Waals surface area contributed by atoms with Crippen molar-refractivity contribution in [2.45, 2.75) is 12.5 Å². The second kappa shape index (κ2) is 8.46. The lowest BCUT2D eigenvalue weighted by Gasteiger charge is -2.22. The molecule has 1 heterocycles. The average molecular weight is 382 g/mol. The number of benzene rings is 1. The van der Waals surface area contributed by atoms with Crippen LogP contribution in [0.1, 0.15) is 22.3 Å². The van der Waals surface area contributed by atoms with E-state index in [9.17, 15) is 19.5 Å². The molecular weight excluding hydrogens is 366 g/mol. The lowest BCUT2D eigenvalue weighted by atomic mass is 10.1. The summed E-state index contributed by atoms with van der Waals surface area (Å²) in [5.74, 6) is -0.824. The van der Waals surface area contributed by atoms with Gasteiger partial charge < -0.3 is 5.11 Å². The van der Waals surface area contributed by atoms with Gasteiger partial charge in [-0.25, -0.2) is 4.79 Å². The van der Waals surface area contributed by atoms with Crippen LogP contribution in [0, 0.1) is 0 Å². The van der Waals surface area contributed by atoms with Gasteiger partial charge in [0.2, 0.25) is 0 Å². The van der Waals surface area contributed by atoms with Gasteiger partial charge in [0.1, 0.15) is 16.6 Å². The van der Waals surface area contributed by atoms with E-state index >= 15 is 0 Å². The number of carboxylic acid groups (broad SMARTS) is 1. The number of carbonyl (C=O) groups excluding carboxylic acids is 2. The van der Waals surface area contributed by atoms with Crippen LogP contribution in [0.15, 0.2) is 29.2 Å². The minimum Gasteiger partial charge on any atom is -0.480 e. The zero-order chi connectivity index (χ0) is 17.7. The summed E-state index contributed by atoms with van der Waals surface area (Å²) in [4.78, 5) is 36.3. The van der Waals surface area contributed by atoms with Crippen LogP contribution in [0.4, 0.5) is 0 Å². The number of carboxylic acids is 1. The van der Waals surface area contributed by atoms with Gasteiger partial charge in [-0.1, -0.05) is 48.2 Å². The molecule has 1 saturated heterocycles. The smallest absolute Gasteiger partial charge is 0.326 e. The quantitative estimate of drug-likeness (QED) is 0.442. The molecule has 1 aromatic rings. The number of amides is 1. The van der Waals surface area contributed by atoms with Crippen LogP contribution in [-0.4, -0.2) is 50.5 Å². The molecule has 24 heavy (non-hydrogen) atoms. The van der Waals surface area contributed by atoms with Crippen molar-refractivity contribution in [2.24, 2.45) is 0 Å². The molecule has 0 aromatic heterocycles. The normalized spacial score (nSPS) is 17.4. The number of carbonyl (C=O) groups is 3. The Morgan fingerprint density at radius 3 is 2.54 bits per heavy atom. The summed E-state index contributed by atoms with van der Waals surface area (Å²) in [6.07, 6.45) is 4.62. The molecule has 0 saturated carbocycles. The second-order valence-electron chi connectivity index (χ2n) is 4.97. The van der Waals surface area contributed by atoms with E-state index in [0.717, 1.165) is 23.6 Å². The van der Waals surface area contributed by atoms with Crippen molar-refractivity contribution in [2.75, 3.05) is 12.0 Å². The summed E-state index contributed by atoms with van der Waals surface area (Å²) in [7, 11) is 0. The molecule has 1 atom stereocenters. The molecule has 5 nitrogen and oxygen atoms in total. The van der Waals surface area contributed by atoms with Crippen LogP contribution in [-0.2, 0) is 9.59 Å². The maximum atomic E-state index is 12.6. The highest BCUT2D eigenvalue weighted by atomic mass is 32.2. The minimum absolute atomic E-state index is 0.254. The molecule has 1 amide bonds. The molecular formula is C16H15NO4S3. The van der Waals surface area contributed by atoms with Gasteiger partial charge in [-0.15, -0.1) is 0 Å². The Balaban J connectivity index is 2.24. The summed E-state index contributed by atoms with van der Waals surface area (Å²) >= 11 is 7.82. The van der Waals surface area contributed by atoms with E-state index in [0.29, 0.717) is 22.6 Å². The number of hydrogen-bond donors (Lipinski definition) is 1. The second-order valence-corrected chi connectivity index (χ2v) is 7.63. The van der Waals surface area contributed by atoms with Crippen LogP contribution in [0.25, 0.3) is 6.08 Å². The third-order valence-corrected chi connectivity index (χ3v) is 5.36. The molecule has 8 heteroatoms. The molecule has 1 N–H and O–H groups in total. The first-order chi connectivity index (χ1) is 11.5. The Morgan fingerprint density at radius 2 is 2.00 bits per heavy atom. The molecule has 1 fully saturated rings. The first-order valence-corrected chi connectivity index (χ1v) is 9.64. The van der Waals surface area contributed by atoms with Crippen LogP contribution in [0.5, 0.6) is 0 Å². The predicted molar refractivity (Wildman–Crippen MR) is 101 cm³/mol. The lowest BCUT2D eigenvalue weighted by Crippen LogP contribution is -2.44. The highest BCUT2D eigenvalue weighted by Gasteiger charge is 2.40. The Morgan fingerprint density at radius 1 is 1.38 bits per heavy atom. The molecule has 0 unspecified atom stereocenters. The number of rotatable bonds is 7. The number of thiocarbonyl (C=S) groups is 1. The van der Waals surface area contributed by atoms with E-state index in [2.05, 4.69) is 0 Å². The molecule has 126 valence electrons. The Bertz CT molecular complexity index is 700. The molecule has 1 aliphatic heterocycles. The molecule has 0 spiro atoms. The highest BCUT2D eigenvalue weighted by molar-refractivity contribution is 8.26. The van der Waals surface area contributed by atoms with E-state index in [-0.39, 0.29) is 4.32 Å². The molecule has 0 bridgehead atoms. The first-order valence-electron chi connectivity index (χ1n) is 7.02. The van der Waals surface area contributed by atoms with Gasteiger partial charge in [-0.2, -0.15) is 11.8 Å². The van der Waals surface area contributed by atoms with E-state index in [1.165, 1.54) is 16.7 Å². The van der Waals surface area contributed by atoms with E-state index < -0.39 is 17.9 Å². The van der Waals surface area contributed by atoms with Crippen molar-refractivity contribution in [1.82, 2.24) is 4.90 Å². The number of aldehydes is 1. The van der Waals surface area contributed by atoms with Crippen molar-refractivity contribution in [3.05, 3.63) is 40.3 Å². The number of hydrogen-bond acceptors (Lipinski definition) is 6. The predicted octanol–water partition coefficient (Wildman–Crippen LogP) is 2.91. The fraction of sp³-hybridized carbons (Fsp3) is 0.250. The van der Waals surface area contributed by atoms with Crippen molar-refractivity contribution in [3.8, 4) is 0 Å². The fourth-order valence-corrected chi connectivity index (χ4v) is 3.98. The summed E-state index contributed by atoms with van der Waals surface area (Å²) in [5.41, 5.74) is 1.29. The Labute approximate surface area is 153 Å². The Kier molecular flexibility index (Phi) is 6.59. The van der Waals surface area contributed by atoms with Gasteiger partial charge in [-0.3, -0.25) is 14.5 Å². The molecule has 0 radical (unpaired) electrons. The largest absolute Gasteiger partial charge is 0.480 e. The monoisotopic (exact) mass is 381 g/mol. The van der Waals surface area contributed by atoms with Gasteiger partial charge in [0.25, 0.3) is 5.91 Å². The van der Waals surface area contributed by atoms with Gasteiger partial charge in [0, 0.05) is 5.56 Å². The first kappa shape index (κ1) is 18.7. The maximum Gasteiger partial charge on any atom is 0.326 e. The lowest BCUT2D eigenvalue weighted by molar-refractivity contribution is -0.145. The number of aliphatic carboxylic acids is 1. The SMILES string of the molecule is CSCC[C@H](C(=O)O)N1C(=O)/C(=C/c2ccc(C=O)cc2)SC1=S. The Hall–Kier alpha value is -1.64. The van der Waals surface area contributed by atoms with Gasteiger partial charge >= 0.3 is 5.97 Å². The van der Waals surface area contributed by atoms with Crippen LogP contribution in [0.2, 0.25) is 0 Å². The third kappa shape index (κ3) is 4.25. The van der Waals surface area contributed by atoms with Crippen molar-refractivity contribution in [1.29, 1.82) is 0 Å². The zero-order valence-corrected chi connectivity index (χ0v) is 15.2. The summed E-state index contributed by atoms with van der Waals surface area (Å²) < 4.78 is 0.254. The van der Waals surface area contributed by atoms with E-state index in [4.69, 9.17) is 12.2 Å². The average Bonchev–Trinajstić information content (AvgIpc) is 2.83.